The summed E-state index contributed by atoms with van der Waals surface area (Å²) < 4.78 is 41.3. The fourth-order valence-corrected chi connectivity index (χ4v) is 2.16. The molecule has 0 saturated heterocycles. The molecule has 0 saturated carbocycles. The Labute approximate surface area is 124 Å². The SMILES string of the molecule is CCCNCC(COCC(F)(F)F)Cc1ccccc1C. The zero-order valence-corrected chi connectivity index (χ0v) is 12.7. The van der Waals surface area contributed by atoms with Gasteiger partial charge in [0.1, 0.15) is 6.61 Å². The lowest BCUT2D eigenvalue weighted by atomic mass is 9.96. The largest absolute Gasteiger partial charge is 0.411 e. The van der Waals surface area contributed by atoms with E-state index < -0.39 is 12.8 Å². The maximum Gasteiger partial charge on any atom is 0.411 e. The second-order valence-electron chi connectivity index (χ2n) is 5.33. The standard InChI is InChI=1S/C16H24F3NO/c1-3-8-20-10-14(11-21-12-16(17,18)19)9-15-7-5-4-6-13(15)2/h4-7,14,20H,3,8-12H2,1-2H3. The third-order valence-electron chi connectivity index (χ3n) is 3.25. The smallest absolute Gasteiger partial charge is 0.372 e. The van der Waals surface area contributed by atoms with Crippen molar-refractivity contribution in [2.75, 3.05) is 26.3 Å². The van der Waals surface area contributed by atoms with Gasteiger partial charge in [0.05, 0.1) is 6.61 Å². The first-order valence-corrected chi connectivity index (χ1v) is 7.32. The average molecular weight is 303 g/mol. The van der Waals surface area contributed by atoms with E-state index in [4.69, 9.17) is 4.74 Å². The van der Waals surface area contributed by atoms with Crippen molar-refractivity contribution < 1.29 is 17.9 Å². The van der Waals surface area contributed by atoms with E-state index in [9.17, 15) is 13.2 Å². The average Bonchev–Trinajstić information content (AvgIpc) is 2.40. The van der Waals surface area contributed by atoms with E-state index in [-0.39, 0.29) is 12.5 Å². The Morgan fingerprint density at radius 1 is 1.24 bits per heavy atom. The predicted molar refractivity (Wildman–Crippen MR) is 78.4 cm³/mol. The molecule has 0 aliphatic heterocycles. The number of rotatable bonds is 9. The molecule has 120 valence electrons. The van der Waals surface area contributed by atoms with Crippen molar-refractivity contribution in [1.29, 1.82) is 0 Å². The molecule has 1 aromatic rings. The monoisotopic (exact) mass is 303 g/mol. The summed E-state index contributed by atoms with van der Waals surface area (Å²) in [6.07, 6.45) is -2.54. The summed E-state index contributed by atoms with van der Waals surface area (Å²) in [6.45, 7) is 4.55. The molecule has 1 N–H and O–H groups in total. The first-order chi connectivity index (χ1) is 9.92. The lowest BCUT2D eigenvalue weighted by molar-refractivity contribution is -0.176. The summed E-state index contributed by atoms with van der Waals surface area (Å²) in [5.41, 5.74) is 2.32. The number of hydrogen-bond donors (Lipinski definition) is 1. The van der Waals surface area contributed by atoms with E-state index in [0.717, 1.165) is 30.5 Å². The fraction of sp³-hybridized carbons (Fsp3) is 0.625. The summed E-state index contributed by atoms with van der Waals surface area (Å²) in [7, 11) is 0. The molecule has 1 unspecified atom stereocenters. The Balaban J connectivity index is 2.53. The van der Waals surface area contributed by atoms with Crippen molar-refractivity contribution in [3.8, 4) is 0 Å². The number of halogens is 3. The van der Waals surface area contributed by atoms with Gasteiger partial charge in [-0.1, -0.05) is 31.2 Å². The molecule has 0 fully saturated rings. The van der Waals surface area contributed by atoms with Gasteiger partial charge in [-0.3, -0.25) is 0 Å². The van der Waals surface area contributed by atoms with Crippen LogP contribution in [0.25, 0.3) is 0 Å². The first kappa shape index (κ1) is 18.0. The highest BCUT2D eigenvalue weighted by atomic mass is 19.4. The van der Waals surface area contributed by atoms with E-state index in [1.54, 1.807) is 0 Å². The maximum atomic E-state index is 12.2. The predicted octanol–water partition coefficient (Wildman–Crippen LogP) is 3.73. The minimum absolute atomic E-state index is 0.0417. The van der Waals surface area contributed by atoms with Gasteiger partial charge in [0.15, 0.2) is 0 Å². The molecule has 21 heavy (non-hydrogen) atoms. The van der Waals surface area contributed by atoms with Crippen LogP contribution in [0.5, 0.6) is 0 Å². The van der Waals surface area contributed by atoms with E-state index in [1.165, 1.54) is 0 Å². The zero-order chi connectivity index (χ0) is 15.7. The van der Waals surface area contributed by atoms with Crippen LogP contribution in [0, 0.1) is 12.8 Å². The van der Waals surface area contributed by atoms with Crippen molar-refractivity contribution in [2.45, 2.75) is 32.9 Å². The molecule has 0 heterocycles. The molecule has 0 bridgehead atoms. The van der Waals surface area contributed by atoms with Crippen LogP contribution in [0.2, 0.25) is 0 Å². The van der Waals surface area contributed by atoms with Crippen molar-refractivity contribution in [3.63, 3.8) is 0 Å². The first-order valence-electron chi connectivity index (χ1n) is 7.32. The summed E-state index contributed by atoms with van der Waals surface area (Å²) in [5, 5.41) is 3.26. The van der Waals surface area contributed by atoms with Gasteiger partial charge in [0, 0.05) is 6.54 Å². The van der Waals surface area contributed by atoms with Crippen molar-refractivity contribution in [2.24, 2.45) is 5.92 Å². The third kappa shape index (κ3) is 8.07. The highest BCUT2D eigenvalue weighted by Gasteiger charge is 2.28. The van der Waals surface area contributed by atoms with Crippen LogP contribution in [0.1, 0.15) is 24.5 Å². The molecule has 0 spiro atoms. The number of alkyl halides is 3. The Morgan fingerprint density at radius 3 is 2.57 bits per heavy atom. The minimum Gasteiger partial charge on any atom is -0.372 e. The second-order valence-corrected chi connectivity index (χ2v) is 5.33. The van der Waals surface area contributed by atoms with Crippen molar-refractivity contribution >= 4 is 0 Å². The number of ether oxygens (including phenoxy) is 1. The van der Waals surface area contributed by atoms with Gasteiger partial charge in [-0.25, -0.2) is 0 Å². The van der Waals surface area contributed by atoms with Crippen LogP contribution in [-0.2, 0) is 11.2 Å². The van der Waals surface area contributed by atoms with Gasteiger partial charge in [0.2, 0.25) is 0 Å². The normalized spacial score (nSPS) is 13.4. The Morgan fingerprint density at radius 2 is 1.95 bits per heavy atom. The number of hydrogen-bond acceptors (Lipinski definition) is 2. The van der Waals surface area contributed by atoms with E-state index >= 15 is 0 Å². The summed E-state index contributed by atoms with van der Waals surface area (Å²) in [5.74, 6) is 0.0417. The fourth-order valence-electron chi connectivity index (χ4n) is 2.16. The maximum absolute atomic E-state index is 12.2. The topological polar surface area (TPSA) is 21.3 Å². The molecule has 5 heteroatoms. The third-order valence-corrected chi connectivity index (χ3v) is 3.25. The molecule has 1 rings (SSSR count). The molecule has 0 amide bonds. The van der Waals surface area contributed by atoms with Gasteiger partial charge >= 0.3 is 6.18 Å². The molecule has 1 aromatic carbocycles. The zero-order valence-electron chi connectivity index (χ0n) is 12.7. The Kier molecular flexibility index (Phi) is 7.75. The molecule has 1 atom stereocenters. The van der Waals surface area contributed by atoms with Gasteiger partial charge in [-0.2, -0.15) is 13.2 Å². The van der Waals surface area contributed by atoms with E-state index in [0.29, 0.717) is 6.54 Å². The van der Waals surface area contributed by atoms with E-state index in [2.05, 4.69) is 12.2 Å². The summed E-state index contributed by atoms with van der Waals surface area (Å²) >= 11 is 0. The van der Waals surface area contributed by atoms with Gasteiger partial charge in [-0.15, -0.1) is 0 Å². The number of aryl methyl sites for hydroxylation is 1. The Hall–Kier alpha value is -1.07. The molecule has 0 aliphatic carbocycles. The molecular weight excluding hydrogens is 279 g/mol. The molecule has 2 nitrogen and oxygen atoms in total. The van der Waals surface area contributed by atoms with Gasteiger partial charge < -0.3 is 10.1 Å². The molecule has 0 aromatic heterocycles. The highest BCUT2D eigenvalue weighted by Crippen LogP contribution is 2.17. The number of benzene rings is 1. The van der Waals surface area contributed by atoms with Crippen molar-refractivity contribution in [1.82, 2.24) is 5.32 Å². The minimum atomic E-state index is -4.26. The molecule has 0 radical (unpaired) electrons. The van der Waals surface area contributed by atoms with Crippen molar-refractivity contribution in [3.05, 3.63) is 35.4 Å². The summed E-state index contributed by atoms with van der Waals surface area (Å²) in [4.78, 5) is 0. The number of nitrogens with one attached hydrogen (secondary N) is 1. The quantitative estimate of drug-likeness (QED) is 0.702. The van der Waals surface area contributed by atoms with Gasteiger partial charge in [-0.05, 0) is 43.4 Å². The molecule has 0 aliphatic rings. The van der Waals surface area contributed by atoms with Gasteiger partial charge in [0.25, 0.3) is 0 Å². The molecular formula is C16H24F3NO. The lowest BCUT2D eigenvalue weighted by Gasteiger charge is -2.19. The van der Waals surface area contributed by atoms with Crippen LogP contribution in [-0.4, -0.2) is 32.5 Å². The van der Waals surface area contributed by atoms with Crippen LogP contribution >= 0.6 is 0 Å². The Bertz CT molecular complexity index is 407. The lowest BCUT2D eigenvalue weighted by Crippen LogP contribution is -2.30. The van der Waals surface area contributed by atoms with Crippen LogP contribution in [0.4, 0.5) is 13.2 Å². The highest BCUT2D eigenvalue weighted by molar-refractivity contribution is 5.25. The van der Waals surface area contributed by atoms with E-state index in [1.807, 2.05) is 31.2 Å². The van der Waals surface area contributed by atoms with Crippen LogP contribution < -0.4 is 5.32 Å². The second kappa shape index (κ2) is 9.05. The van der Waals surface area contributed by atoms with Crippen LogP contribution in [0.15, 0.2) is 24.3 Å². The van der Waals surface area contributed by atoms with Crippen LogP contribution in [0.3, 0.4) is 0 Å². The summed E-state index contributed by atoms with van der Waals surface area (Å²) in [6, 6.07) is 7.95.